The molecule has 1 heterocycles. The Balaban J connectivity index is 2.78. The van der Waals surface area contributed by atoms with Crippen LogP contribution >= 0.6 is 0 Å². The van der Waals surface area contributed by atoms with E-state index in [1.54, 1.807) is 6.20 Å². The number of nitrogens with one attached hydrogen (secondary N) is 1. The minimum absolute atomic E-state index is 0.237. The average molecular weight is 205 g/mol. The summed E-state index contributed by atoms with van der Waals surface area (Å²) in [6.45, 7) is 10.9. The van der Waals surface area contributed by atoms with Crippen molar-refractivity contribution in [1.82, 2.24) is 15.3 Å². The molecule has 0 fully saturated rings. The van der Waals surface area contributed by atoms with Gasteiger partial charge >= 0.3 is 0 Å². The van der Waals surface area contributed by atoms with Crippen molar-refractivity contribution in [3.63, 3.8) is 0 Å². The van der Waals surface area contributed by atoms with E-state index in [9.17, 15) is 0 Å². The highest BCUT2D eigenvalue weighted by molar-refractivity contribution is 5.09. The van der Waals surface area contributed by atoms with Gasteiger partial charge in [-0.3, -0.25) is 9.97 Å². The van der Waals surface area contributed by atoms with E-state index < -0.39 is 0 Å². The van der Waals surface area contributed by atoms with Crippen LogP contribution in [0, 0.1) is 6.92 Å². The van der Waals surface area contributed by atoms with Gasteiger partial charge in [0.2, 0.25) is 0 Å². The van der Waals surface area contributed by atoms with Gasteiger partial charge in [0.1, 0.15) is 0 Å². The van der Waals surface area contributed by atoms with Crippen molar-refractivity contribution in [2.45, 2.75) is 33.2 Å². The number of hydrogen-bond donors (Lipinski definition) is 1. The normalized spacial score (nSPS) is 12.5. The fraction of sp³-hybridized carbons (Fsp3) is 0.500. The zero-order valence-electron chi connectivity index (χ0n) is 9.75. The summed E-state index contributed by atoms with van der Waals surface area (Å²) >= 11 is 0. The van der Waals surface area contributed by atoms with E-state index in [2.05, 4.69) is 28.8 Å². The fourth-order valence-corrected chi connectivity index (χ4v) is 1.46. The van der Waals surface area contributed by atoms with Crippen LogP contribution in [0.25, 0.3) is 0 Å². The zero-order valence-corrected chi connectivity index (χ0v) is 9.75. The van der Waals surface area contributed by atoms with Gasteiger partial charge < -0.3 is 5.32 Å². The molecule has 1 aromatic rings. The van der Waals surface area contributed by atoms with Crippen molar-refractivity contribution < 1.29 is 0 Å². The second kappa shape index (κ2) is 5.61. The summed E-state index contributed by atoms with van der Waals surface area (Å²) in [5.41, 5.74) is 3.10. The largest absolute Gasteiger partial charge is 0.309 e. The first-order valence-corrected chi connectivity index (χ1v) is 5.29. The van der Waals surface area contributed by atoms with E-state index in [0.29, 0.717) is 0 Å². The highest BCUT2D eigenvalue weighted by atomic mass is 14.9. The maximum Gasteiger partial charge on any atom is 0.0759 e. The predicted molar refractivity (Wildman–Crippen MR) is 62.6 cm³/mol. The van der Waals surface area contributed by atoms with Crippen LogP contribution in [0.1, 0.15) is 37.7 Å². The molecular formula is C12H19N3. The van der Waals surface area contributed by atoms with Crippen molar-refractivity contribution >= 4 is 0 Å². The molecule has 1 rings (SSSR count). The van der Waals surface area contributed by atoms with E-state index in [1.165, 1.54) is 0 Å². The van der Waals surface area contributed by atoms with Crippen LogP contribution in [0.4, 0.5) is 0 Å². The van der Waals surface area contributed by atoms with Crippen LogP contribution in [-0.2, 0) is 0 Å². The van der Waals surface area contributed by atoms with Gasteiger partial charge in [0.05, 0.1) is 23.6 Å². The summed E-state index contributed by atoms with van der Waals surface area (Å²) in [5, 5.41) is 3.39. The molecule has 0 saturated heterocycles. The van der Waals surface area contributed by atoms with Crippen molar-refractivity contribution in [1.29, 1.82) is 0 Å². The van der Waals surface area contributed by atoms with E-state index in [1.807, 2.05) is 20.0 Å². The van der Waals surface area contributed by atoms with Gasteiger partial charge in [-0.05, 0) is 26.8 Å². The van der Waals surface area contributed by atoms with Crippen LogP contribution in [-0.4, -0.2) is 16.5 Å². The summed E-state index contributed by atoms with van der Waals surface area (Å²) in [4.78, 5) is 8.64. The van der Waals surface area contributed by atoms with Crippen molar-refractivity contribution in [2.75, 3.05) is 6.54 Å². The van der Waals surface area contributed by atoms with Crippen molar-refractivity contribution in [3.05, 3.63) is 35.9 Å². The van der Waals surface area contributed by atoms with Crippen LogP contribution in [0.2, 0.25) is 0 Å². The van der Waals surface area contributed by atoms with Gasteiger partial charge in [-0.25, -0.2) is 0 Å². The molecular weight excluding hydrogens is 186 g/mol. The van der Waals surface area contributed by atoms with Crippen molar-refractivity contribution in [2.24, 2.45) is 0 Å². The summed E-state index contributed by atoms with van der Waals surface area (Å²) in [6.07, 6.45) is 4.55. The highest BCUT2D eigenvalue weighted by Crippen LogP contribution is 2.17. The number of nitrogens with zero attached hydrogens (tertiary/aromatic N) is 2. The lowest BCUT2D eigenvalue weighted by molar-refractivity contribution is 0.533. The Morgan fingerprint density at radius 3 is 2.67 bits per heavy atom. The molecule has 0 aliphatic carbocycles. The zero-order chi connectivity index (χ0) is 11.3. The second-order valence-corrected chi connectivity index (χ2v) is 3.85. The predicted octanol–water partition coefficient (Wildman–Crippen LogP) is 2.40. The van der Waals surface area contributed by atoms with Gasteiger partial charge in [0.15, 0.2) is 0 Å². The molecule has 1 atom stereocenters. The average Bonchev–Trinajstić information content (AvgIpc) is 2.17. The third-order valence-electron chi connectivity index (χ3n) is 2.16. The van der Waals surface area contributed by atoms with Gasteiger partial charge in [-0.2, -0.15) is 0 Å². The fourth-order valence-electron chi connectivity index (χ4n) is 1.46. The standard InChI is InChI=1S/C12H19N3/c1-5-13-11(6-9(2)3)12-8-14-10(4)7-15-12/h7-8,11,13H,2,5-6H2,1,3-4H3. The summed E-state index contributed by atoms with van der Waals surface area (Å²) in [6, 6.07) is 0.237. The molecule has 0 radical (unpaired) electrons. The van der Waals surface area contributed by atoms with Crippen LogP contribution in [0.15, 0.2) is 24.5 Å². The molecule has 15 heavy (non-hydrogen) atoms. The second-order valence-electron chi connectivity index (χ2n) is 3.85. The number of aromatic nitrogens is 2. The summed E-state index contributed by atoms with van der Waals surface area (Å²) < 4.78 is 0. The Hall–Kier alpha value is -1.22. The molecule has 3 nitrogen and oxygen atoms in total. The minimum atomic E-state index is 0.237. The molecule has 0 amide bonds. The lowest BCUT2D eigenvalue weighted by atomic mass is 10.1. The van der Waals surface area contributed by atoms with E-state index in [-0.39, 0.29) is 6.04 Å². The maximum absolute atomic E-state index is 4.38. The van der Waals surface area contributed by atoms with E-state index in [0.717, 1.165) is 29.9 Å². The monoisotopic (exact) mass is 205 g/mol. The van der Waals surface area contributed by atoms with Crippen molar-refractivity contribution in [3.8, 4) is 0 Å². The number of hydrogen-bond acceptors (Lipinski definition) is 3. The molecule has 82 valence electrons. The lowest BCUT2D eigenvalue weighted by Gasteiger charge is -2.16. The van der Waals surface area contributed by atoms with Crippen LogP contribution < -0.4 is 5.32 Å². The molecule has 0 aliphatic rings. The first-order chi connectivity index (χ1) is 7.13. The van der Waals surface area contributed by atoms with Gasteiger partial charge in [-0.1, -0.05) is 12.5 Å². The smallest absolute Gasteiger partial charge is 0.0759 e. The number of aryl methyl sites for hydroxylation is 1. The molecule has 1 unspecified atom stereocenters. The Morgan fingerprint density at radius 2 is 2.20 bits per heavy atom. The Kier molecular flexibility index (Phi) is 4.43. The molecule has 0 spiro atoms. The first-order valence-electron chi connectivity index (χ1n) is 5.29. The van der Waals surface area contributed by atoms with Crippen LogP contribution in [0.3, 0.4) is 0 Å². The Bertz CT molecular complexity index is 316. The maximum atomic E-state index is 4.38. The van der Waals surface area contributed by atoms with Gasteiger partial charge in [-0.15, -0.1) is 6.58 Å². The molecule has 1 N–H and O–H groups in total. The SMILES string of the molecule is C=C(C)CC(NCC)c1cnc(C)cn1. The topological polar surface area (TPSA) is 37.8 Å². The Morgan fingerprint density at radius 1 is 1.47 bits per heavy atom. The third-order valence-corrected chi connectivity index (χ3v) is 2.16. The van der Waals surface area contributed by atoms with E-state index in [4.69, 9.17) is 0 Å². The van der Waals surface area contributed by atoms with Gasteiger partial charge in [0.25, 0.3) is 0 Å². The summed E-state index contributed by atoms with van der Waals surface area (Å²) in [5.74, 6) is 0. The highest BCUT2D eigenvalue weighted by Gasteiger charge is 2.11. The minimum Gasteiger partial charge on any atom is -0.309 e. The first kappa shape index (κ1) is 11.9. The molecule has 0 bridgehead atoms. The quantitative estimate of drug-likeness (QED) is 0.750. The molecule has 0 aliphatic heterocycles. The molecule has 3 heteroatoms. The lowest BCUT2D eigenvalue weighted by Crippen LogP contribution is -2.22. The Labute approximate surface area is 91.7 Å². The van der Waals surface area contributed by atoms with Gasteiger partial charge in [0, 0.05) is 6.20 Å². The number of rotatable bonds is 5. The third kappa shape index (κ3) is 3.80. The molecule has 1 aromatic heterocycles. The van der Waals surface area contributed by atoms with Crippen LogP contribution in [0.5, 0.6) is 0 Å². The molecule has 0 saturated carbocycles. The van der Waals surface area contributed by atoms with E-state index >= 15 is 0 Å². The summed E-state index contributed by atoms with van der Waals surface area (Å²) in [7, 11) is 0. The molecule has 0 aromatic carbocycles.